The van der Waals surface area contributed by atoms with Crippen LogP contribution in [0.15, 0.2) is 35.4 Å². The lowest BCUT2D eigenvalue weighted by Crippen LogP contribution is -2.41. The number of aryl methyl sites for hydroxylation is 1. The van der Waals surface area contributed by atoms with E-state index in [1.165, 1.54) is 17.7 Å². The van der Waals surface area contributed by atoms with Gasteiger partial charge in [0.15, 0.2) is 0 Å². The topological polar surface area (TPSA) is 75.5 Å². The highest BCUT2D eigenvalue weighted by Crippen LogP contribution is 2.33. The van der Waals surface area contributed by atoms with Gasteiger partial charge in [0.05, 0.1) is 17.2 Å². The lowest BCUT2D eigenvalue weighted by Gasteiger charge is -2.27. The molecule has 2 aliphatic heterocycles. The van der Waals surface area contributed by atoms with Crippen LogP contribution in [-0.4, -0.2) is 57.3 Å². The third-order valence-electron chi connectivity index (χ3n) is 6.71. The fourth-order valence-electron chi connectivity index (χ4n) is 4.99. The first-order valence-electron chi connectivity index (χ1n) is 11.6. The summed E-state index contributed by atoms with van der Waals surface area (Å²) >= 11 is 0. The van der Waals surface area contributed by atoms with Crippen LogP contribution in [0.3, 0.4) is 0 Å². The van der Waals surface area contributed by atoms with Gasteiger partial charge >= 0.3 is 0 Å². The molecule has 0 unspecified atom stereocenters. The van der Waals surface area contributed by atoms with Gasteiger partial charge in [-0.15, -0.1) is 12.4 Å². The van der Waals surface area contributed by atoms with Gasteiger partial charge in [0, 0.05) is 35.0 Å². The van der Waals surface area contributed by atoms with Crippen LogP contribution < -0.4 is 5.56 Å². The maximum absolute atomic E-state index is 13.3. The monoisotopic (exact) mass is 468 g/mol. The molecule has 1 saturated heterocycles. The number of halogens is 1. The minimum atomic E-state index is -0.321. The minimum absolute atomic E-state index is 0. The van der Waals surface area contributed by atoms with Crippen molar-refractivity contribution in [1.82, 2.24) is 19.4 Å². The van der Waals surface area contributed by atoms with E-state index in [1.807, 2.05) is 13.0 Å². The van der Waals surface area contributed by atoms with E-state index in [1.54, 1.807) is 29.1 Å². The van der Waals surface area contributed by atoms with Gasteiger partial charge in [-0.05, 0) is 57.5 Å². The average Bonchev–Trinajstić information content (AvgIpc) is 3.32. The van der Waals surface area contributed by atoms with Crippen molar-refractivity contribution in [2.45, 2.75) is 45.6 Å². The summed E-state index contributed by atoms with van der Waals surface area (Å²) in [6.07, 6.45) is 6.63. The quantitative estimate of drug-likeness (QED) is 0.389. The van der Waals surface area contributed by atoms with Gasteiger partial charge < -0.3 is 4.90 Å². The molecule has 1 fully saturated rings. The van der Waals surface area contributed by atoms with Crippen molar-refractivity contribution in [3.63, 3.8) is 0 Å². The SMILES string of the molecule is CCCCN1C(=O)c2cccc3c2c(cc2c(=O)n(CCCN4CCCC4)cnc23)C1=O.Cl. The Balaban J connectivity index is 0.00000259. The third-order valence-corrected chi connectivity index (χ3v) is 6.71. The Morgan fingerprint density at radius 2 is 1.67 bits per heavy atom. The van der Waals surface area contributed by atoms with E-state index in [2.05, 4.69) is 9.88 Å². The summed E-state index contributed by atoms with van der Waals surface area (Å²) in [4.78, 5) is 47.9. The van der Waals surface area contributed by atoms with Crippen LogP contribution in [0.2, 0.25) is 0 Å². The number of hydrogen-bond donors (Lipinski definition) is 0. The number of aromatic nitrogens is 2. The number of fused-ring (bicyclic) bond motifs is 2. The number of nitrogens with zero attached hydrogens (tertiary/aromatic N) is 4. The summed E-state index contributed by atoms with van der Waals surface area (Å²) < 4.78 is 1.65. The number of amides is 2. The van der Waals surface area contributed by atoms with Crippen molar-refractivity contribution in [3.05, 3.63) is 52.1 Å². The van der Waals surface area contributed by atoms with E-state index >= 15 is 0 Å². The number of likely N-dealkylation sites (tertiary alicyclic amines) is 1. The maximum atomic E-state index is 13.3. The molecule has 2 aliphatic rings. The Labute approximate surface area is 198 Å². The molecule has 0 aliphatic carbocycles. The zero-order valence-electron chi connectivity index (χ0n) is 18.9. The molecule has 3 aromatic rings. The molecule has 0 N–H and O–H groups in total. The molecule has 7 nitrogen and oxygen atoms in total. The molecule has 0 bridgehead atoms. The molecular weight excluding hydrogens is 440 g/mol. The van der Waals surface area contributed by atoms with Crippen molar-refractivity contribution in [1.29, 1.82) is 0 Å². The summed E-state index contributed by atoms with van der Waals surface area (Å²) in [7, 11) is 0. The Morgan fingerprint density at radius 3 is 2.42 bits per heavy atom. The van der Waals surface area contributed by atoms with Crippen molar-refractivity contribution >= 4 is 45.9 Å². The van der Waals surface area contributed by atoms with E-state index in [0.717, 1.165) is 38.9 Å². The number of rotatable bonds is 7. The summed E-state index contributed by atoms with van der Waals surface area (Å²) in [6.45, 7) is 6.26. The Hall–Kier alpha value is -2.77. The highest BCUT2D eigenvalue weighted by atomic mass is 35.5. The van der Waals surface area contributed by atoms with Crippen molar-refractivity contribution in [3.8, 4) is 0 Å². The number of imide groups is 1. The van der Waals surface area contributed by atoms with Crippen molar-refractivity contribution in [2.75, 3.05) is 26.2 Å². The van der Waals surface area contributed by atoms with Crippen molar-refractivity contribution in [2.24, 2.45) is 0 Å². The zero-order valence-corrected chi connectivity index (χ0v) is 19.7. The minimum Gasteiger partial charge on any atom is -0.303 e. The summed E-state index contributed by atoms with van der Waals surface area (Å²) in [6, 6.07) is 7.05. The van der Waals surface area contributed by atoms with E-state index < -0.39 is 0 Å². The summed E-state index contributed by atoms with van der Waals surface area (Å²) in [5, 5.41) is 1.74. The second-order valence-corrected chi connectivity index (χ2v) is 8.81. The van der Waals surface area contributed by atoms with Crippen molar-refractivity contribution < 1.29 is 9.59 Å². The van der Waals surface area contributed by atoms with Crippen LogP contribution in [-0.2, 0) is 6.54 Å². The molecule has 2 amide bonds. The Kier molecular flexibility index (Phi) is 6.81. The number of carbonyl (C=O) groups is 2. The number of carbonyl (C=O) groups excluding carboxylic acids is 2. The van der Waals surface area contributed by atoms with Gasteiger partial charge in [0.2, 0.25) is 0 Å². The number of hydrogen-bond acceptors (Lipinski definition) is 5. The van der Waals surface area contributed by atoms with Gasteiger partial charge in [-0.1, -0.05) is 25.5 Å². The molecule has 0 radical (unpaired) electrons. The van der Waals surface area contributed by atoms with Gasteiger partial charge in [-0.25, -0.2) is 4.98 Å². The molecule has 33 heavy (non-hydrogen) atoms. The fraction of sp³-hybridized carbons (Fsp3) is 0.440. The first kappa shape index (κ1) is 23.4. The van der Waals surface area contributed by atoms with Gasteiger partial charge in [-0.3, -0.25) is 23.9 Å². The smallest absolute Gasteiger partial charge is 0.261 e. The number of unbranched alkanes of at least 4 members (excludes halogenated alkanes) is 1. The molecule has 5 rings (SSSR count). The normalized spacial score (nSPS) is 16.1. The van der Waals surface area contributed by atoms with E-state index in [-0.39, 0.29) is 29.8 Å². The third kappa shape index (κ3) is 4.04. The first-order chi connectivity index (χ1) is 15.6. The Bertz CT molecular complexity index is 1280. The maximum Gasteiger partial charge on any atom is 0.261 e. The van der Waals surface area contributed by atoms with Gasteiger partial charge in [-0.2, -0.15) is 0 Å². The van der Waals surface area contributed by atoms with Crippen LogP contribution in [0.5, 0.6) is 0 Å². The molecule has 174 valence electrons. The van der Waals surface area contributed by atoms with Crippen LogP contribution >= 0.6 is 12.4 Å². The van der Waals surface area contributed by atoms with Crippen LogP contribution in [0, 0.1) is 0 Å². The lowest BCUT2D eigenvalue weighted by molar-refractivity contribution is 0.0608. The largest absolute Gasteiger partial charge is 0.303 e. The molecule has 0 saturated carbocycles. The second kappa shape index (κ2) is 9.61. The molecule has 2 aromatic carbocycles. The number of benzene rings is 2. The van der Waals surface area contributed by atoms with E-state index in [9.17, 15) is 14.4 Å². The molecule has 0 spiro atoms. The molecular formula is C25H29ClN4O3. The molecule has 3 heterocycles. The van der Waals surface area contributed by atoms with Gasteiger partial charge in [0.1, 0.15) is 0 Å². The summed E-state index contributed by atoms with van der Waals surface area (Å²) in [5.74, 6) is -0.589. The first-order valence-corrected chi connectivity index (χ1v) is 11.6. The summed E-state index contributed by atoms with van der Waals surface area (Å²) in [5.41, 5.74) is 1.35. The van der Waals surface area contributed by atoms with Gasteiger partial charge in [0.25, 0.3) is 17.4 Å². The van der Waals surface area contributed by atoms with E-state index in [0.29, 0.717) is 45.9 Å². The van der Waals surface area contributed by atoms with Crippen LogP contribution in [0.4, 0.5) is 0 Å². The second-order valence-electron chi connectivity index (χ2n) is 8.81. The predicted octanol–water partition coefficient (Wildman–Crippen LogP) is 3.85. The highest BCUT2D eigenvalue weighted by molar-refractivity contribution is 6.28. The zero-order chi connectivity index (χ0) is 22.2. The highest BCUT2D eigenvalue weighted by Gasteiger charge is 2.33. The van der Waals surface area contributed by atoms with Crippen LogP contribution in [0.25, 0.3) is 21.7 Å². The molecule has 0 atom stereocenters. The van der Waals surface area contributed by atoms with E-state index in [4.69, 9.17) is 0 Å². The standard InChI is InChI=1S/C25H28N4O3.ClH/c1-2-3-14-29-24(31)18-9-6-8-17-21(18)19(25(29)32)15-20-22(17)26-16-28(23(20)30)13-7-12-27-10-4-5-11-27;/h6,8-9,15-16H,2-5,7,10-14H2,1H3;1H. The predicted molar refractivity (Wildman–Crippen MR) is 131 cm³/mol. The lowest BCUT2D eigenvalue weighted by atomic mass is 9.92. The van der Waals surface area contributed by atoms with Crippen LogP contribution in [0.1, 0.15) is 59.7 Å². The molecule has 1 aromatic heterocycles. The fourth-order valence-corrected chi connectivity index (χ4v) is 4.99. The molecule has 8 heteroatoms. The Morgan fingerprint density at radius 1 is 0.909 bits per heavy atom. The average molecular weight is 469 g/mol.